The molecule has 0 bridgehead atoms. The van der Waals surface area contributed by atoms with Crippen molar-refractivity contribution in [2.45, 2.75) is 0 Å². The van der Waals surface area contributed by atoms with Crippen molar-refractivity contribution in [2.24, 2.45) is 0 Å². The van der Waals surface area contributed by atoms with Crippen molar-refractivity contribution >= 4 is 33.6 Å². The lowest BCUT2D eigenvalue weighted by Crippen LogP contribution is -2.41. The molecule has 34 heavy (non-hydrogen) atoms. The van der Waals surface area contributed by atoms with Gasteiger partial charge in [0.25, 0.3) is 21.8 Å². The summed E-state index contributed by atoms with van der Waals surface area (Å²) in [6.45, 7) is 0.837. The second-order valence-electron chi connectivity index (χ2n) is 7.20. The van der Waals surface area contributed by atoms with E-state index in [1.54, 1.807) is 24.3 Å². The molecule has 0 fully saturated rings. The van der Waals surface area contributed by atoms with Crippen molar-refractivity contribution in [1.82, 2.24) is 10.9 Å². The van der Waals surface area contributed by atoms with Crippen molar-refractivity contribution in [3.63, 3.8) is 0 Å². The van der Waals surface area contributed by atoms with Crippen LogP contribution < -0.4 is 25.0 Å². The van der Waals surface area contributed by atoms with Gasteiger partial charge in [-0.15, -0.1) is 0 Å². The van der Waals surface area contributed by atoms with Gasteiger partial charge < -0.3 is 9.47 Å². The third-order valence-electron chi connectivity index (χ3n) is 4.74. The number of anilines is 1. The highest BCUT2D eigenvalue weighted by atomic mass is 32.2. The van der Waals surface area contributed by atoms with E-state index >= 15 is 0 Å². The lowest BCUT2D eigenvalue weighted by molar-refractivity contribution is 0.0846. The van der Waals surface area contributed by atoms with Crippen LogP contribution in [0.25, 0.3) is 6.08 Å². The molecule has 0 unspecified atom stereocenters. The summed E-state index contributed by atoms with van der Waals surface area (Å²) in [5.41, 5.74) is 6.21. The summed E-state index contributed by atoms with van der Waals surface area (Å²) in [4.78, 5) is 24.7. The van der Waals surface area contributed by atoms with Gasteiger partial charge in [-0.2, -0.15) is 0 Å². The van der Waals surface area contributed by atoms with Crippen LogP contribution in [0.5, 0.6) is 11.5 Å². The van der Waals surface area contributed by atoms with Gasteiger partial charge in [0.05, 0.1) is 5.41 Å². The van der Waals surface area contributed by atoms with Crippen molar-refractivity contribution in [1.29, 1.82) is 0 Å². The number of hydrogen-bond donors (Lipinski definition) is 3. The first-order valence-electron chi connectivity index (χ1n) is 10.3. The zero-order valence-corrected chi connectivity index (χ0v) is 18.7. The van der Waals surface area contributed by atoms with Crippen molar-refractivity contribution in [2.75, 3.05) is 17.9 Å². The molecular weight excluding hydrogens is 458 g/mol. The summed E-state index contributed by atoms with van der Waals surface area (Å²) in [6.07, 6.45) is 1.48. The Bertz CT molecular complexity index is 1320. The summed E-state index contributed by atoms with van der Waals surface area (Å²) < 4.78 is 37.8. The van der Waals surface area contributed by atoms with Gasteiger partial charge in [-0.25, -0.2) is 8.42 Å². The Kier molecular flexibility index (Phi) is 6.79. The predicted octanol–water partition coefficient (Wildman–Crippen LogP) is 2.95. The maximum atomic E-state index is 12.3. The zero-order chi connectivity index (χ0) is 24.0. The van der Waals surface area contributed by atoms with Crippen LogP contribution >= 0.6 is 0 Å². The number of nitrogens with one attached hydrogen (secondary N) is 3. The largest absolute Gasteiger partial charge is 0.486 e. The van der Waals surface area contributed by atoms with E-state index in [1.807, 2.05) is 18.2 Å². The van der Waals surface area contributed by atoms with E-state index in [0.717, 1.165) is 11.0 Å². The van der Waals surface area contributed by atoms with E-state index in [9.17, 15) is 18.0 Å². The molecule has 0 aromatic heterocycles. The van der Waals surface area contributed by atoms with Crippen molar-refractivity contribution in [3.8, 4) is 11.5 Å². The molecule has 3 N–H and O–H groups in total. The van der Waals surface area contributed by atoms with Gasteiger partial charge in [-0.3, -0.25) is 25.2 Å². The van der Waals surface area contributed by atoms with Crippen LogP contribution in [0.2, 0.25) is 0 Å². The van der Waals surface area contributed by atoms with Crippen LogP contribution in [0.1, 0.15) is 26.3 Å². The number of hydrazine groups is 1. The Labute approximate surface area is 196 Å². The number of fused-ring (bicyclic) bond motifs is 1. The molecular formula is C24H21N3O6S. The highest BCUT2D eigenvalue weighted by Crippen LogP contribution is 2.30. The Morgan fingerprint density at radius 2 is 1.38 bits per heavy atom. The standard InChI is InChI=1S/C24H21N3O6S/c28-23(25-26-24(29)19-8-11-21-22(16-19)33-14-13-32-21)18-6-9-20(10-7-18)27-34(30,31)15-12-17-4-2-1-3-5-17/h1-12,15-16,27H,13-14H2,(H,25,28)(H,26,29)/b15-12+. The minimum atomic E-state index is -3.73. The van der Waals surface area contributed by atoms with E-state index < -0.39 is 21.8 Å². The van der Waals surface area contributed by atoms with Crippen molar-refractivity contribution < 1.29 is 27.5 Å². The Morgan fingerprint density at radius 3 is 2.09 bits per heavy atom. The molecule has 3 aromatic carbocycles. The third kappa shape index (κ3) is 5.93. The van der Waals surface area contributed by atoms with Crippen LogP contribution in [0.4, 0.5) is 5.69 Å². The van der Waals surface area contributed by atoms with Gasteiger partial charge in [0, 0.05) is 16.8 Å². The fraction of sp³-hybridized carbons (Fsp3) is 0.0833. The minimum Gasteiger partial charge on any atom is -0.486 e. The lowest BCUT2D eigenvalue weighted by atomic mass is 10.2. The van der Waals surface area contributed by atoms with E-state index in [1.165, 1.54) is 36.4 Å². The second kappa shape index (κ2) is 10.1. The monoisotopic (exact) mass is 479 g/mol. The molecule has 0 saturated carbocycles. The molecule has 0 aliphatic carbocycles. The highest BCUT2D eigenvalue weighted by Gasteiger charge is 2.16. The molecule has 174 valence electrons. The van der Waals surface area contributed by atoms with Gasteiger partial charge in [0.1, 0.15) is 13.2 Å². The summed E-state index contributed by atoms with van der Waals surface area (Å²) in [7, 11) is -3.73. The average molecular weight is 480 g/mol. The first-order chi connectivity index (χ1) is 16.4. The zero-order valence-electron chi connectivity index (χ0n) is 17.9. The Balaban J connectivity index is 1.32. The fourth-order valence-corrected chi connectivity index (χ4v) is 3.93. The molecule has 0 saturated heterocycles. The maximum absolute atomic E-state index is 12.3. The normalized spacial score (nSPS) is 12.7. The summed E-state index contributed by atoms with van der Waals surface area (Å²) in [5.74, 6) is -0.0795. The van der Waals surface area contributed by atoms with Crippen LogP contribution in [0.15, 0.2) is 78.2 Å². The smallest absolute Gasteiger partial charge is 0.269 e. The highest BCUT2D eigenvalue weighted by molar-refractivity contribution is 7.95. The van der Waals surface area contributed by atoms with E-state index in [4.69, 9.17) is 9.47 Å². The van der Waals surface area contributed by atoms with Gasteiger partial charge >= 0.3 is 0 Å². The van der Waals surface area contributed by atoms with Gasteiger partial charge in [-0.05, 0) is 54.1 Å². The molecule has 0 spiro atoms. The Hall–Kier alpha value is -4.31. The SMILES string of the molecule is O=C(NNC(=O)c1ccc2c(c1)OCCO2)c1ccc(NS(=O)(=O)/C=C/c2ccccc2)cc1. The number of ether oxygens (including phenoxy) is 2. The average Bonchev–Trinajstić information content (AvgIpc) is 2.86. The number of benzene rings is 3. The van der Waals surface area contributed by atoms with E-state index in [-0.39, 0.29) is 16.8 Å². The molecule has 1 aliphatic rings. The number of amides is 2. The van der Waals surface area contributed by atoms with E-state index in [0.29, 0.717) is 24.7 Å². The number of rotatable bonds is 6. The number of hydrogen-bond acceptors (Lipinski definition) is 6. The summed E-state index contributed by atoms with van der Waals surface area (Å²) >= 11 is 0. The minimum absolute atomic E-state index is 0.227. The lowest BCUT2D eigenvalue weighted by Gasteiger charge is -2.18. The third-order valence-corrected chi connectivity index (χ3v) is 5.75. The topological polar surface area (TPSA) is 123 Å². The quantitative estimate of drug-likeness (QED) is 0.467. The maximum Gasteiger partial charge on any atom is 0.269 e. The number of sulfonamides is 1. The summed E-state index contributed by atoms with van der Waals surface area (Å²) in [6, 6.07) is 19.5. The molecule has 3 aromatic rings. The van der Waals surface area contributed by atoms with Gasteiger partial charge in [-0.1, -0.05) is 30.3 Å². The summed E-state index contributed by atoms with van der Waals surface area (Å²) in [5, 5.41) is 1.07. The first kappa shape index (κ1) is 22.9. The molecule has 10 heteroatoms. The van der Waals surface area contributed by atoms with Crippen LogP contribution in [0, 0.1) is 0 Å². The molecule has 1 heterocycles. The molecule has 4 rings (SSSR count). The Morgan fingerprint density at radius 1 is 0.765 bits per heavy atom. The second-order valence-corrected chi connectivity index (χ2v) is 8.77. The molecule has 0 radical (unpaired) electrons. The fourth-order valence-electron chi connectivity index (χ4n) is 3.06. The van der Waals surface area contributed by atoms with Gasteiger partial charge in [0.15, 0.2) is 11.5 Å². The van der Waals surface area contributed by atoms with Gasteiger partial charge in [0.2, 0.25) is 0 Å². The molecule has 2 amide bonds. The van der Waals surface area contributed by atoms with E-state index in [2.05, 4.69) is 15.6 Å². The van der Waals surface area contributed by atoms with Crippen LogP contribution in [0.3, 0.4) is 0 Å². The molecule has 9 nitrogen and oxygen atoms in total. The van der Waals surface area contributed by atoms with Crippen molar-refractivity contribution in [3.05, 3.63) is 94.9 Å². The first-order valence-corrected chi connectivity index (χ1v) is 11.8. The number of carbonyl (C=O) groups excluding carboxylic acids is 2. The molecule has 1 aliphatic heterocycles. The number of carbonyl (C=O) groups is 2. The van der Waals surface area contributed by atoms with Crippen LogP contribution in [-0.4, -0.2) is 33.4 Å². The predicted molar refractivity (Wildman–Crippen MR) is 127 cm³/mol. The molecule has 0 atom stereocenters. The van der Waals surface area contributed by atoms with Crippen LogP contribution in [-0.2, 0) is 10.0 Å².